The topological polar surface area (TPSA) is 72.7 Å². The summed E-state index contributed by atoms with van der Waals surface area (Å²) in [6.07, 6.45) is 8.78. The minimum atomic E-state index is 0.280. The van der Waals surface area contributed by atoms with Crippen LogP contribution >= 0.6 is 0 Å². The average Bonchev–Trinajstić information content (AvgIpc) is 3.36. The van der Waals surface area contributed by atoms with Gasteiger partial charge in [0.1, 0.15) is 0 Å². The summed E-state index contributed by atoms with van der Waals surface area (Å²) in [5, 5.41) is 10.9. The molecule has 152 valence electrons. The molecule has 1 aromatic carbocycles. The highest BCUT2D eigenvalue weighted by Gasteiger charge is 2.20. The maximum atomic E-state index is 6.32. The molecule has 1 aromatic heterocycles. The summed E-state index contributed by atoms with van der Waals surface area (Å²) >= 11 is 0. The van der Waals surface area contributed by atoms with E-state index in [1.807, 2.05) is 31.6 Å². The van der Waals surface area contributed by atoms with E-state index in [1.165, 1.54) is 12.8 Å². The molecule has 0 bridgehead atoms. The molecule has 0 saturated heterocycles. The van der Waals surface area contributed by atoms with Crippen LogP contribution in [-0.2, 0) is 20.1 Å². The van der Waals surface area contributed by atoms with Crippen molar-refractivity contribution in [3.8, 4) is 11.5 Å². The van der Waals surface area contributed by atoms with Gasteiger partial charge in [-0.05, 0) is 38.7 Å². The van der Waals surface area contributed by atoms with E-state index in [0.29, 0.717) is 13.1 Å². The maximum absolute atomic E-state index is 6.32. The monoisotopic (exact) mass is 385 g/mol. The maximum Gasteiger partial charge on any atom is 0.191 e. The minimum absolute atomic E-state index is 0.280. The summed E-state index contributed by atoms with van der Waals surface area (Å²) in [7, 11) is 3.60. The first kappa shape index (κ1) is 20.0. The molecule has 2 aromatic rings. The van der Waals surface area contributed by atoms with E-state index < -0.39 is 0 Å². The quantitative estimate of drug-likeness (QED) is 0.540. The Morgan fingerprint density at radius 2 is 2.11 bits per heavy atom. The molecule has 0 radical (unpaired) electrons. The number of rotatable bonds is 8. The van der Waals surface area contributed by atoms with Gasteiger partial charge in [0.05, 0.1) is 26.0 Å². The molecular formula is C21H31N5O2. The lowest BCUT2D eigenvalue weighted by Gasteiger charge is -2.20. The van der Waals surface area contributed by atoms with Gasteiger partial charge in [-0.2, -0.15) is 5.10 Å². The third-order valence-electron chi connectivity index (χ3n) is 4.84. The summed E-state index contributed by atoms with van der Waals surface area (Å²) in [4.78, 5) is 4.66. The van der Waals surface area contributed by atoms with Gasteiger partial charge in [-0.3, -0.25) is 4.68 Å². The van der Waals surface area contributed by atoms with Crippen LogP contribution in [0.5, 0.6) is 11.5 Å². The Hall–Kier alpha value is -2.70. The number of nitrogens with one attached hydrogen (secondary N) is 2. The zero-order valence-electron chi connectivity index (χ0n) is 17.1. The van der Waals surface area contributed by atoms with E-state index in [0.717, 1.165) is 48.0 Å². The Labute approximate surface area is 167 Å². The molecule has 28 heavy (non-hydrogen) atoms. The first-order chi connectivity index (χ1) is 13.7. The van der Waals surface area contributed by atoms with Crippen molar-refractivity contribution in [3.05, 3.63) is 41.7 Å². The largest absolute Gasteiger partial charge is 0.493 e. The molecule has 7 heteroatoms. The molecule has 1 aliphatic carbocycles. The Morgan fingerprint density at radius 1 is 1.29 bits per heavy atom. The molecule has 0 atom stereocenters. The lowest BCUT2D eigenvalue weighted by atomic mass is 10.1. The van der Waals surface area contributed by atoms with Crippen molar-refractivity contribution >= 4 is 5.96 Å². The number of aromatic nitrogens is 2. The van der Waals surface area contributed by atoms with E-state index in [-0.39, 0.29) is 6.10 Å². The Balaban J connectivity index is 1.69. The first-order valence-electron chi connectivity index (χ1n) is 10.0. The number of hydrogen-bond donors (Lipinski definition) is 2. The predicted molar refractivity (Wildman–Crippen MR) is 111 cm³/mol. The van der Waals surface area contributed by atoms with Crippen LogP contribution in [0.2, 0.25) is 0 Å². The number of hydrogen-bond acceptors (Lipinski definition) is 4. The number of aliphatic imine (C=N–C) groups is 1. The fraction of sp³-hybridized carbons (Fsp3) is 0.524. The van der Waals surface area contributed by atoms with Crippen molar-refractivity contribution in [1.29, 1.82) is 0 Å². The van der Waals surface area contributed by atoms with E-state index in [2.05, 4.69) is 33.7 Å². The molecule has 0 spiro atoms. The average molecular weight is 386 g/mol. The molecular weight excluding hydrogens is 354 g/mol. The van der Waals surface area contributed by atoms with Crippen molar-refractivity contribution < 1.29 is 9.47 Å². The van der Waals surface area contributed by atoms with Crippen LogP contribution in [0.15, 0.2) is 35.6 Å². The minimum Gasteiger partial charge on any atom is -0.493 e. The van der Waals surface area contributed by atoms with Crippen molar-refractivity contribution in [2.75, 3.05) is 13.7 Å². The molecule has 1 saturated carbocycles. The normalized spacial score (nSPS) is 14.9. The van der Waals surface area contributed by atoms with Gasteiger partial charge in [-0.15, -0.1) is 0 Å². The van der Waals surface area contributed by atoms with Crippen molar-refractivity contribution in [3.63, 3.8) is 0 Å². The third kappa shape index (κ3) is 5.41. The summed E-state index contributed by atoms with van der Waals surface area (Å²) in [6, 6.07) is 6.02. The number of methoxy groups -OCH3 is 1. The molecule has 1 aliphatic rings. The second kappa shape index (κ2) is 10.0. The van der Waals surface area contributed by atoms with Gasteiger partial charge in [0.25, 0.3) is 0 Å². The van der Waals surface area contributed by atoms with Crippen molar-refractivity contribution in [1.82, 2.24) is 20.4 Å². The van der Waals surface area contributed by atoms with Crippen molar-refractivity contribution in [2.24, 2.45) is 12.0 Å². The Kier molecular flexibility index (Phi) is 7.17. The molecule has 0 unspecified atom stereocenters. The fourth-order valence-electron chi connectivity index (χ4n) is 3.41. The van der Waals surface area contributed by atoms with Gasteiger partial charge < -0.3 is 20.1 Å². The molecule has 2 N–H and O–H groups in total. The zero-order valence-corrected chi connectivity index (χ0v) is 17.1. The highest BCUT2D eigenvalue weighted by molar-refractivity contribution is 5.79. The summed E-state index contributed by atoms with van der Waals surface area (Å²) in [6.45, 7) is 4.04. The second-order valence-electron chi connectivity index (χ2n) is 7.04. The Morgan fingerprint density at radius 3 is 2.79 bits per heavy atom. The van der Waals surface area contributed by atoms with Gasteiger partial charge in [0.15, 0.2) is 17.5 Å². The SMILES string of the molecule is CCNC(=NCc1cnn(C)c1)NCc1cccc(OC)c1OC1CCCC1. The standard InChI is InChI=1S/C21H31N5O2/c1-4-22-21(23-12-16-13-25-26(2)15-16)24-14-17-8-7-11-19(27-3)20(17)28-18-9-5-6-10-18/h7-8,11,13,15,18H,4-6,9-10,12,14H2,1-3H3,(H2,22,23,24). The summed E-state index contributed by atoms with van der Waals surface area (Å²) in [5.74, 6) is 2.39. The molecule has 0 amide bonds. The van der Waals surface area contributed by atoms with Gasteiger partial charge in [-0.25, -0.2) is 4.99 Å². The van der Waals surface area contributed by atoms with Crippen LogP contribution < -0.4 is 20.1 Å². The van der Waals surface area contributed by atoms with Crippen LogP contribution in [0.1, 0.15) is 43.7 Å². The zero-order chi connectivity index (χ0) is 19.8. The highest BCUT2D eigenvalue weighted by Crippen LogP contribution is 2.34. The van der Waals surface area contributed by atoms with E-state index in [4.69, 9.17) is 9.47 Å². The molecule has 1 fully saturated rings. The van der Waals surface area contributed by atoms with E-state index in [1.54, 1.807) is 11.8 Å². The summed E-state index contributed by atoms with van der Waals surface area (Å²) in [5.41, 5.74) is 2.14. The molecule has 7 nitrogen and oxygen atoms in total. The molecule has 0 aliphatic heterocycles. The number of benzene rings is 1. The summed E-state index contributed by atoms with van der Waals surface area (Å²) < 4.78 is 13.7. The van der Waals surface area contributed by atoms with Crippen LogP contribution in [0.3, 0.4) is 0 Å². The van der Waals surface area contributed by atoms with Gasteiger partial charge >= 0.3 is 0 Å². The molecule has 3 rings (SSSR count). The number of ether oxygens (including phenoxy) is 2. The van der Waals surface area contributed by atoms with Crippen LogP contribution in [0.4, 0.5) is 0 Å². The van der Waals surface area contributed by atoms with E-state index in [9.17, 15) is 0 Å². The number of nitrogens with zero attached hydrogens (tertiary/aromatic N) is 3. The number of para-hydroxylation sites is 1. The lowest BCUT2D eigenvalue weighted by Crippen LogP contribution is -2.37. The van der Waals surface area contributed by atoms with Crippen LogP contribution in [-0.4, -0.2) is 35.5 Å². The number of aryl methyl sites for hydroxylation is 1. The smallest absolute Gasteiger partial charge is 0.191 e. The lowest BCUT2D eigenvalue weighted by molar-refractivity contribution is 0.198. The van der Waals surface area contributed by atoms with Crippen molar-refractivity contribution in [2.45, 2.75) is 51.8 Å². The van der Waals surface area contributed by atoms with Crippen LogP contribution in [0.25, 0.3) is 0 Å². The Bertz CT molecular complexity index is 781. The van der Waals surface area contributed by atoms with E-state index >= 15 is 0 Å². The second-order valence-corrected chi connectivity index (χ2v) is 7.04. The fourth-order valence-corrected chi connectivity index (χ4v) is 3.41. The third-order valence-corrected chi connectivity index (χ3v) is 4.84. The van der Waals surface area contributed by atoms with Crippen LogP contribution in [0, 0.1) is 0 Å². The van der Waals surface area contributed by atoms with Gasteiger partial charge in [0.2, 0.25) is 0 Å². The molecule has 1 heterocycles. The van der Waals surface area contributed by atoms with Gasteiger partial charge in [0, 0.05) is 37.5 Å². The first-order valence-corrected chi connectivity index (χ1v) is 10.0. The highest BCUT2D eigenvalue weighted by atomic mass is 16.5. The van der Waals surface area contributed by atoms with Gasteiger partial charge in [-0.1, -0.05) is 12.1 Å². The number of guanidine groups is 1. The predicted octanol–water partition coefficient (Wildman–Crippen LogP) is 3.01.